The topological polar surface area (TPSA) is 238 Å². The molecule has 0 heterocycles. The molecule has 49 heavy (non-hydrogen) atoms. The Balaban J connectivity index is 0. The summed E-state index contributed by atoms with van der Waals surface area (Å²) >= 11 is 0. The van der Waals surface area contributed by atoms with E-state index in [2.05, 4.69) is 20.1 Å². The highest BCUT2D eigenvalue weighted by atomic mass is 16.6. The van der Waals surface area contributed by atoms with Gasteiger partial charge in [0, 0.05) is 38.8 Å². The lowest BCUT2D eigenvalue weighted by Gasteiger charge is -2.07. The van der Waals surface area contributed by atoms with Crippen LogP contribution in [0.2, 0.25) is 0 Å². The lowest BCUT2D eigenvalue weighted by atomic mass is 10.1. The van der Waals surface area contributed by atoms with E-state index in [0.29, 0.717) is 38.8 Å². The van der Waals surface area contributed by atoms with Crippen LogP contribution in [0.3, 0.4) is 0 Å². The SMILES string of the molecule is CCC(=O)CCCCCNC(=O)COCC(=O)COC(=O)C(C)O.CCCC(=O)CCCCCNC(=O)COCC(=O)COC(=O)C(C)O. The van der Waals surface area contributed by atoms with E-state index in [-0.39, 0.29) is 49.8 Å². The van der Waals surface area contributed by atoms with Crippen molar-refractivity contribution in [1.29, 1.82) is 0 Å². The first-order valence-corrected chi connectivity index (χ1v) is 16.7. The van der Waals surface area contributed by atoms with Crippen molar-refractivity contribution in [3.63, 3.8) is 0 Å². The maximum absolute atomic E-state index is 11.5. The molecule has 0 fully saturated rings. The Hall–Kier alpha value is -3.60. The molecule has 0 rings (SSSR count). The molecule has 0 aliphatic heterocycles. The summed E-state index contributed by atoms with van der Waals surface area (Å²) in [7, 11) is 0. The van der Waals surface area contributed by atoms with Crippen molar-refractivity contribution in [1.82, 2.24) is 10.6 Å². The van der Waals surface area contributed by atoms with E-state index >= 15 is 0 Å². The summed E-state index contributed by atoms with van der Waals surface area (Å²) in [6.45, 7) is 5.05. The van der Waals surface area contributed by atoms with Crippen LogP contribution in [-0.4, -0.2) is 122 Å². The Morgan fingerprint density at radius 1 is 0.510 bits per heavy atom. The number of ketones is 4. The summed E-state index contributed by atoms with van der Waals surface area (Å²) < 4.78 is 18.9. The van der Waals surface area contributed by atoms with Gasteiger partial charge in [-0.25, -0.2) is 9.59 Å². The van der Waals surface area contributed by atoms with Crippen LogP contribution in [0.4, 0.5) is 0 Å². The molecule has 0 spiro atoms. The lowest BCUT2D eigenvalue weighted by molar-refractivity contribution is -0.156. The van der Waals surface area contributed by atoms with Crippen molar-refractivity contribution in [3.05, 3.63) is 0 Å². The van der Waals surface area contributed by atoms with Crippen LogP contribution in [0.25, 0.3) is 0 Å². The molecule has 2 atom stereocenters. The highest BCUT2D eigenvalue weighted by Gasteiger charge is 2.14. The third-order valence-electron chi connectivity index (χ3n) is 6.26. The highest BCUT2D eigenvalue weighted by Crippen LogP contribution is 2.03. The van der Waals surface area contributed by atoms with Crippen LogP contribution >= 0.6 is 0 Å². The molecule has 16 nitrogen and oxygen atoms in total. The van der Waals surface area contributed by atoms with E-state index in [0.717, 1.165) is 44.9 Å². The third-order valence-corrected chi connectivity index (χ3v) is 6.26. The molecule has 0 bridgehead atoms. The summed E-state index contributed by atoms with van der Waals surface area (Å²) in [4.78, 5) is 89.9. The third kappa shape index (κ3) is 32.7. The second-order valence-electron chi connectivity index (χ2n) is 11.1. The van der Waals surface area contributed by atoms with Gasteiger partial charge in [-0.15, -0.1) is 0 Å². The zero-order valence-corrected chi connectivity index (χ0v) is 29.4. The predicted molar refractivity (Wildman–Crippen MR) is 175 cm³/mol. The Labute approximate surface area is 288 Å². The van der Waals surface area contributed by atoms with E-state index < -0.39 is 48.9 Å². The Morgan fingerprint density at radius 2 is 0.918 bits per heavy atom. The number of hydrogen-bond donors (Lipinski definition) is 4. The van der Waals surface area contributed by atoms with Crippen LogP contribution < -0.4 is 10.6 Å². The molecule has 0 saturated heterocycles. The van der Waals surface area contributed by atoms with Gasteiger partial charge in [-0.05, 0) is 46.0 Å². The quantitative estimate of drug-likeness (QED) is 0.0619. The van der Waals surface area contributed by atoms with Gasteiger partial charge < -0.3 is 39.8 Å². The van der Waals surface area contributed by atoms with Gasteiger partial charge in [-0.2, -0.15) is 0 Å². The molecule has 0 aliphatic rings. The summed E-state index contributed by atoms with van der Waals surface area (Å²) in [5.74, 6) is -2.93. The molecule has 0 radical (unpaired) electrons. The number of carbonyl (C=O) groups is 8. The lowest BCUT2D eigenvalue weighted by Crippen LogP contribution is -2.30. The van der Waals surface area contributed by atoms with Crippen LogP contribution in [0.5, 0.6) is 0 Å². The monoisotopic (exact) mass is 704 g/mol. The molecule has 282 valence electrons. The number of esters is 2. The summed E-state index contributed by atoms with van der Waals surface area (Å²) in [6.07, 6.45) is 5.58. The zero-order valence-electron chi connectivity index (χ0n) is 29.4. The van der Waals surface area contributed by atoms with Gasteiger partial charge >= 0.3 is 11.9 Å². The minimum atomic E-state index is -1.29. The van der Waals surface area contributed by atoms with Crippen molar-refractivity contribution < 1.29 is 67.5 Å². The first-order chi connectivity index (χ1) is 23.2. The number of amides is 2. The molecular formula is C33H56N2O14. The van der Waals surface area contributed by atoms with Gasteiger partial charge in [0.1, 0.15) is 50.2 Å². The number of Topliss-reactive ketones (excluding diaryl/α,β-unsaturated/α-hetero) is 4. The summed E-state index contributed by atoms with van der Waals surface area (Å²) in [6, 6.07) is 0. The molecule has 0 saturated carbocycles. The smallest absolute Gasteiger partial charge is 0.335 e. The number of aliphatic hydroxyl groups excluding tert-OH is 2. The van der Waals surface area contributed by atoms with E-state index in [1.54, 1.807) is 0 Å². The Morgan fingerprint density at radius 3 is 1.29 bits per heavy atom. The number of ether oxygens (including phenoxy) is 4. The van der Waals surface area contributed by atoms with Gasteiger partial charge in [0.25, 0.3) is 0 Å². The molecule has 0 aromatic rings. The molecule has 0 aliphatic carbocycles. The first kappa shape index (κ1) is 47.5. The predicted octanol–water partition coefficient (Wildman–Crippen LogP) is 0.694. The second kappa shape index (κ2) is 31.7. The van der Waals surface area contributed by atoms with Crippen molar-refractivity contribution in [2.75, 3.05) is 52.7 Å². The van der Waals surface area contributed by atoms with Crippen LogP contribution in [0, 0.1) is 0 Å². The number of nitrogens with one attached hydrogen (secondary N) is 2. The number of unbranched alkanes of at least 4 members (excludes halogenated alkanes) is 4. The normalized spacial score (nSPS) is 11.6. The van der Waals surface area contributed by atoms with Crippen LogP contribution in [0.15, 0.2) is 0 Å². The zero-order chi connectivity index (χ0) is 37.5. The van der Waals surface area contributed by atoms with Gasteiger partial charge in [0.05, 0.1) is 0 Å². The second-order valence-corrected chi connectivity index (χ2v) is 11.1. The molecule has 4 N–H and O–H groups in total. The van der Waals surface area contributed by atoms with E-state index in [4.69, 9.17) is 19.7 Å². The van der Waals surface area contributed by atoms with Crippen LogP contribution in [-0.2, 0) is 57.3 Å². The van der Waals surface area contributed by atoms with Crippen molar-refractivity contribution >= 4 is 46.9 Å². The fourth-order valence-electron chi connectivity index (χ4n) is 3.53. The van der Waals surface area contributed by atoms with E-state index in [1.807, 2.05) is 13.8 Å². The molecule has 0 aromatic heterocycles. The average molecular weight is 705 g/mol. The van der Waals surface area contributed by atoms with Crippen molar-refractivity contribution in [3.8, 4) is 0 Å². The first-order valence-electron chi connectivity index (χ1n) is 16.7. The molecule has 16 heteroatoms. The standard InChI is InChI=1S/C17H29NO7.C16H27NO7/c1-3-7-14(20)8-5-4-6-9-18-16(22)12-24-10-15(21)11-25-17(23)13(2)19;1-3-13(19)7-5-4-6-8-17-15(21)11-23-9-14(20)10-24-16(22)12(2)18/h13,19H,3-12H2,1-2H3,(H,18,22);12,18H,3-11H2,1-2H3,(H,17,21). The molecule has 2 amide bonds. The summed E-state index contributed by atoms with van der Waals surface area (Å²) in [5, 5.41) is 23.1. The van der Waals surface area contributed by atoms with Gasteiger partial charge in [0.15, 0.2) is 24.8 Å². The fraction of sp³-hybridized carbons (Fsp3) is 0.758. The summed E-state index contributed by atoms with van der Waals surface area (Å²) in [5.41, 5.74) is 0. The van der Waals surface area contributed by atoms with Gasteiger partial charge in [-0.1, -0.05) is 26.7 Å². The Bertz CT molecular complexity index is 1010. The minimum Gasteiger partial charge on any atom is -0.456 e. The largest absolute Gasteiger partial charge is 0.456 e. The maximum atomic E-state index is 11.5. The number of carbonyl (C=O) groups excluding carboxylic acids is 8. The van der Waals surface area contributed by atoms with Gasteiger partial charge in [-0.3, -0.25) is 28.8 Å². The number of rotatable bonds is 29. The number of hydrogen-bond acceptors (Lipinski definition) is 14. The van der Waals surface area contributed by atoms with Crippen molar-refractivity contribution in [2.24, 2.45) is 0 Å². The highest BCUT2D eigenvalue weighted by molar-refractivity contribution is 5.85. The molecular weight excluding hydrogens is 648 g/mol. The van der Waals surface area contributed by atoms with Crippen LogP contribution in [0.1, 0.15) is 98.3 Å². The maximum Gasteiger partial charge on any atom is 0.335 e. The Kier molecular flexibility index (Phi) is 30.7. The van der Waals surface area contributed by atoms with Gasteiger partial charge in [0.2, 0.25) is 11.8 Å². The van der Waals surface area contributed by atoms with E-state index in [9.17, 15) is 38.4 Å². The molecule has 2 unspecified atom stereocenters. The average Bonchev–Trinajstić information content (AvgIpc) is 3.05. The van der Waals surface area contributed by atoms with E-state index in [1.165, 1.54) is 13.8 Å². The fourth-order valence-corrected chi connectivity index (χ4v) is 3.53. The minimum absolute atomic E-state index is 0.247. The van der Waals surface area contributed by atoms with Crippen molar-refractivity contribution in [2.45, 2.75) is 111 Å². The number of aliphatic hydroxyl groups is 2. The molecule has 0 aromatic carbocycles.